The van der Waals surface area contributed by atoms with Crippen molar-refractivity contribution in [3.8, 4) is 0 Å². The maximum absolute atomic E-state index is 11.8. The first-order valence-electron chi connectivity index (χ1n) is 5.72. The van der Waals surface area contributed by atoms with Gasteiger partial charge in [-0.05, 0) is 13.3 Å². The molecule has 0 saturated heterocycles. The average molecular weight is 276 g/mol. The number of hydrogen-bond donors (Lipinski definition) is 2. The Labute approximate surface area is 111 Å². The minimum Gasteiger partial charge on any atom is -0.394 e. The molecular weight excluding hydrogens is 258 g/mol. The molecule has 0 amide bonds. The minimum absolute atomic E-state index is 0.0858. The van der Waals surface area contributed by atoms with Crippen LogP contribution in [0.4, 0.5) is 5.69 Å². The molecule has 18 heavy (non-hydrogen) atoms. The van der Waals surface area contributed by atoms with E-state index in [1.165, 1.54) is 6.20 Å². The zero-order valence-corrected chi connectivity index (χ0v) is 11.3. The molecule has 0 aliphatic carbocycles. The molecule has 1 unspecified atom stereocenters. The van der Waals surface area contributed by atoms with Crippen molar-refractivity contribution in [2.45, 2.75) is 25.9 Å². The molecule has 1 aromatic rings. The van der Waals surface area contributed by atoms with E-state index in [1.807, 2.05) is 6.92 Å². The lowest BCUT2D eigenvalue weighted by atomic mass is 10.2. The fourth-order valence-electron chi connectivity index (χ4n) is 1.45. The minimum atomic E-state index is -0.408. The van der Waals surface area contributed by atoms with Gasteiger partial charge in [0.1, 0.15) is 5.02 Å². The number of nitrogens with one attached hydrogen (secondary N) is 1. The smallest absolute Gasteiger partial charge is 0.287 e. The number of anilines is 1. The van der Waals surface area contributed by atoms with Gasteiger partial charge in [-0.15, -0.1) is 0 Å². The Morgan fingerprint density at radius 2 is 2.39 bits per heavy atom. The molecule has 0 aliphatic heterocycles. The molecule has 7 heteroatoms. The van der Waals surface area contributed by atoms with Crippen LogP contribution in [0.2, 0.25) is 5.02 Å². The largest absolute Gasteiger partial charge is 0.394 e. The maximum Gasteiger partial charge on any atom is 0.287 e. The first-order chi connectivity index (χ1) is 8.60. The standard InChI is InChI=1S/C11H18ClN3O3/c1-8(3-6-18-2)14-9-7-13-15(4-5-16)11(17)10(9)12/h7-8,14,16H,3-6H2,1-2H3. The molecule has 0 spiro atoms. The van der Waals surface area contributed by atoms with Gasteiger partial charge in [0, 0.05) is 19.8 Å². The first kappa shape index (κ1) is 14.9. The lowest BCUT2D eigenvalue weighted by Crippen LogP contribution is -2.27. The van der Waals surface area contributed by atoms with Crippen molar-refractivity contribution >= 4 is 17.3 Å². The van der Waals surface area contributed by atoms with E-state index in [0.717, 1.165) is 11.1 Å². The fraction of sp³-hybridized carbons (Fsp3) is 0.636. The van der Waals surface area contributed by atoms with Gasteiger partial charge in [-0.3, -0.25) is 4.79 Å². The van der Waals surface area contributed by atoms with Crippen LogP contribution in [0.1, 0.15) is 13.3 Å². The average Bonchev–Trinajstić information content (AvgIpc) is 2.36. The summed E-state index contributed by atoms with van der Waals surface area (Å²) in [4.78, 5) is 11.8. The second kappa shape index (κ2) is 7.35. The number of aromatic nitrogens is 2. The molecule has 0 fully saturated rings. The Kier molecular flexibility index (Phi) is 6.11. The van der Waals surface area contributed by atoms with E-state index in [0.29, 0.717) is 12.3 Å². The van der Waals surface area contributed by atoms with Crippen LogP contribution in [-0.4, -0.2) is 41.3 Å². The lowest BCUT2D eigenvalue weighted by molar-refractivity contribution is 0.191. The molecule has 0 saturated carbocycles. The number of rotatable bonds is 7. The quantitative estimate of drug-likeness (QED) is 0.767. The Morgan fingerprint density at radius 3 is 3.00 bits per heavy atom. The van der Waals surface area contributed by atoms with Crippen molar-refractivity contribution in [3.05, 3.63) is 21.6 Å². The van der Waals surface area contributed by atoms with E-state index in [-0.39, 0.29) is 24.2 Å². The summed E-state index contributed by atoms with van der Waals surface area (Å²) in [5.41, 5.74) is 0.0918. The number of halogens is 1. The van der Waals surface area contributed by atoms with E-state index >= 15 is 0 Å². The monoisotopic (exact) mass is 275 g/mol. The van der Waals surface area contributed by atoms with Crippen LogP contribution in [0.25, 0.3) is 0 Å². The van der Waals surface area contributed by atoms with Gasteiger partial charge in [0.05, 0.1) is 25.0 Å². The molecule has 6 nitrogen and oxygen atoms in total. The van der Waals surface area contributed by atoms with Gasteiger partial charge in [0.15, 0.2) is 0 Å². The third-order valence-electron chi connectivity index (χ3n) is 2.45. The fourth-order valence-corrected chi connectivity index (χ4v) is 1.65. The van der Waals surface area contributed by atoms with Crippen LogP contribution >= 0.6 is 11.6 Å². The van der Waals surface area contributed by atoms with Crippen LogP contribution in [0.5, 0.6) is 0 Å². The predicted octanol–water partition coefficient (Wildman–Crippen LogP) is 0.726. The van der Waals surface area contributed by atoms with E-state index in [2.05, 4.69) is 10.4 Å². The van der Waals surface area contributed by atoms with Gasteiger partial charge in [-0.25, -0.2) is 4.68 Å². The van der Waals surface area contributed by atoms with Crippen LogP contribution < -0.4 is 10.9 Å². The van der Waals surface area contributed by atoms with Crippen LogP contribution in [0.3, 0.4) is 0 Å². The molecule has 0 radical (unpaired) electrons. The number of hydrogen-bond acceptors (Lipinski definition) is 5. The van der Waals surface area contributed by atoms with Crippen molar-refractivity contribution < 1.29 is 9.84 Å². The molecule has 0 aliphatic rings. The van der Waals surface area contributed by atoms with Gasteiger partial charge >= 0.3 is 0 Å². The van der Waals surface area contributed by atoms with Gasteiger partial charge in [-0.2, -0.15) is 5.10 Å². The molecule has 2 N–H and O–H groups in total. The van der Waals surface area contributed by atoms with Gasteiger partial charge in [0.25, 0.3) is 5.56 Å². The molecule has 0 aromatic carbocycles. The maximum atomic E-state index is 11.8. The highest BCUT2D eigenvalue weighted by Gasteiger charge is 2.11. The van der Waals surface area contributed by atoms with Crippen molar-refractivity contribution in [1.29, 1.82) is 0 Å². The van der Waals surface area contributed by atoms with Crippen molar-refractivity contribution in [2.75, 3.05) is 25.6 Å². The summed E-state index contributed by atoms with van der Waals surface area (Å²) >= 11 is 5.96. The second-order valence-corrected chi connectivity index (χ2v) is 4.33. The van der Waals surface area contributed by atoms with Crippen molar-refractivity contribution in [3.63, 3.8) is 0 Å². The first-order valence-corrected chi connectivity index (χ1v) is 6.10. The number of methoxy groups -OCH3 is 1. The highest BCUT2D eigenvalue weighted by molar-refractivity contribution is 6.32. The summed E-state index contributed by atoms with van der Waals surface area (Å²) in [6.07, 6.45) is 2.29. The molecule has 1 aromatic heterocycles. The summed E-state index contributed by atoms with van der Waals surface area (Å²) < 4.78 is 6.11. The van der Waals surface area contributed by atoms with E-state index in [9.17, 15) is 4.79 Å². The third kappa shape index (κ3) is 3.97. The van der Waals surface area contributed by atoms with Crippen LogP contribution in [0, 0.1) is 0 Å². The van der Waals surface area contributed by atoms with Crippen molar-refractivity contribution in [1.82, 2.24) is 9.78 Å². The molecule has 102 valence electrons. The van der Waals surface area contributed by atoms with E-state index < -0.39 is 5.56 Å². The summed E-state index contributed by atoms with van der Waals surface area (Å²) in [7, 11) is 1.64. The Hall–Kier alpha value is -1.11. The summed E-state index contributed by atoms with van der Waals surface area (Å²) in [6, 6.07) is 0.123. The lowest BCUT2D eigenvalue weighted by Gasteiger charge is -2.15. The topological polar surface area (TPSA) is 76.4 Å². The number of ether oxygens (including phenoxy) is 1. The summed E-state index contributed by atoms with van der Waals surface area (Å²) in [5, 5.41) is 15.9. The molecule has 1 atom stereocenters. The summed E-state index contributed by atoms with van der Waals surface area (Å²) in [5.74, 6) is 0. The Morgan fingerprint density at radius 1 is 1.67 bits per heavy atom. The van der Waals surface area contributed by atoms with Crippen molar-refractivity contribution in [2.24, 2.45) is 0 Å². The predicted molar refractivity (Wildman–Crippen MR) is 70.2 cm³/mol. The number of aliphatic hydroxyl groups excluding tert-OH is 1. The Bertz CT molecular complexity index is 436. The van der Waals surface area contributed by atoms with E-state index in [4.69, 9.17) is 21.4 Å². The zero-order valence-electron chi connectivity index (χ0n) is 10.5. The normalized spacial score (nSPS) is 12.4. The number of nitrogens with zero attached hydrogens (tertiary/aromatic N) is 2. The molecule has 1 heterocycles. The SMILES string of the molecule is COCCC(C)Nc1cnn(CCO)c(=O)c1Cl. The van der Waals surface area contributed by atoms with E-state index in [1.54, 1.807) is 7.11 Å². The Balaban J connectivity index is 2.79. The van der Waals surface area contributed by atoms with Gasteiger partial charge in [0.2, 0.25) is 0 Å². The van der Waals surface area contributed by atoms with Crippen LogP contribution in [-0.2, 0) is 11.3 Å². The van der Waals surface area contributed by atoms with Gasteiger partial charge in [-0.1, -0.05) is 11.6 Å². The molecule has 1 rings (SSSR count). The number of aliphatic hydroxyl groups is 1. The zero-order chi connectivity index (χ0) is 13.5. The highest BCUT2D eigenvalue weighted by Crippen LogP contribution is 2.16. The van der Waals surface area contributed by atoms with Gasteiger partial charge < -0.3 is 15.2 Å². The second-order valence-electron chi connectivity index (χ2n) is 3.95. The molecule has 0 bridgehead atoms. The van der Waals surface area contributed by atoms with Crippen LogP contribution in [0.15, 0.2) is 11.0 Å². The highest BCUT2D eigenvalue weighted by atomic mass is 35.5. The molecular formula is C11H18ClN3O3. The summed E-state index contributed by atoms with van der Waals surface area (Å²) in [6.45, 7) is 2.58. The third-order valence-corrected chi connectivity index (χ3v) is 2.82.